The Hall–Kier alpha value is -2.77. The molecule has 1 N–H and O–H groups in total. The molecule has 2 atom stereocenters. The topological polar surface area (TPSA) is 134 Å². The molecule has 216 valence electrons. The van der Waals surface area contributed by atoms with Gasteiger partial charge in [-0.05, 0) is 50.1 Å². The maximum atomic E-state index is 15.4. The lowest BCUT2D eigenvalue weighted by Crippen LogP contribution is -2.39. The van der Waals surface area contributed by atoms with Crippen LogP contribution in [0.3, 0.4) is 0 Å². The summed E-state index contributed by atoms with van der Waals surface area (Å²) in [6.45, 7) is 4.24. The highest BCUT2D eigenvalue weighted by Crippen LogP contribution is 2.42. The minimum absolute atomic E-state index is 0.0330. The van der Waals surface area contributed by atoms with Gasteiger partial charge in [0.05, 0.1) is 22.5 Å². The standard InChI is InChI=1S/C25H26BrF2N2O8PS/c1-24(2,3)21(31)37-22(38-39(33)34)25(27,28)18-11-6-15(12-19(18)26)13-30-20(14-29(4)23(30)32)16-7-9-17(10-8-16)40(5,35)36/h6-12,14,22H,13H2,1-5H3/p+1. The smallest absolute Gasteiger partial charge is 0.423 e. The second-order valence-electron chi connectivity index (χ2n) is 10.1. The second kappa shape index (κ2) is 11.6. The highest BCUT2D eigenvalue weighted by atomic mass is 79.9. The fourth-order valence-electron chi connectivity index (χ4n) is 3.61. The van der Waals surface area contributed by atoms with Gasteiger partial charge in [0.15, 0.2) is 9.84 Å². The predicted octanol–water partition coefficient (Wildman–Crippen LogP) is 4.74. The molecular weight excluding hydrogens is 637 g/mol. The fraction of sp³-hybridized carbons (Fsp3) is 0.360. The first-order chi connectivity index (χ1) is 18.3. The van der Waals surface area contributed by atoms with Gasteiger partial charge in [-0.2, -0.15) is 8.78 Å². The van der Waals surface area contributed by atoms with Crippen molar-refractivity contribution in [1.82, 2.24) is 9.13 Å². The van der Waals surface area contributed by atoms with Crippen LogP contribution in [0.4, 0.5) is 8.78 Å². The van der Waals surface area contributed by atoms with E-state index in [9.17, 15) is 22.6 Å². The molecule has 0 aliphatic rings. The number of rotatable bonds is 9. The Balaban J connectivity index is 1.97. The van der Waals surface area contributed by atoms with Gasteiger partial charge in [-0.25, -0.2) is 13.2 Å². The van der Waals surface area contributed by atoms with Crippen LogP contribution in [0.1, 0.15) is 31.9 Å². The van der Waals surface area contributed by atoms with Gasteiger partial charge in [0.1, 0.15) is 0 Å². The molecule has 0 amide bonds. The first-order valence-electron chi connectivity index (χ1n) is 11.6. The molecule has 0 fully saturated rings. The third kappa shape index (κ3) is 7.10. The van der Waals surface area contributed by atoms with Crippen LogP contribution in [0, 0.1) is 5.41 Å². The molecule has 1 aromatic heterocycles. The lowest BCUT2D eigenvalue weighted by atomic mass is 9.97. The van der Waals surface area contributed by atoms with Gasteiger partial charge in [-0.1, -0.05) is 44.7 Å². The minimum atomic E-state index is -4.04. The summed E-state index contributed by atoms with van der Waals surface area (Å²) in [5.41, 5.74) is -0.811. The largest absolute Gasteiger partial charge is 0.698 e. The highest BCUT2D eigenvalue weighted by Gasteiger charge is 2.52. The van der Waals surface area contributed by atoms with Crippen molar-refractivity contribution in [2.24, 2.45) is 12.5 Å². The first-order valence-corrected chi connectivity index (χ1v) is 15.4. The third-order valence-corrected chi connectivity index (χ3v) is 7.92. The summed E-state index contributed by atoms with van der Waals surface area (Å²) in [6, 6.07) is 9.65. The van der Waals surface area contributed by atoms with E-state index in [2.05, 4.69) is 20.5 Å². The van der Waals surface area contributed by atoms with Gasteiger partial charge in [0, 0.05) is 34.1 Å². The Kier molecular flexibility index (Phi) is 9.22. The number of hydrogen-bond donors (Lipinski definition) is 1. The second-order valence-corrected chi connectivity index (χ2v) is 13.6. The number of esters is 1. The van der Waals surface area contributed by atoms with Crippen LogP contribution < -0.4 is 5.69 Å². The Morgan fingerprint density at radius 1 is 1.15 bits per heavy atom. The van der Waals surface area contributed by atoms with Crippen molar-refractivity contribution in [3.05, 3.63) is 74.7 Å². The SMILES string of the molecule is Cn1cc(-c2ccc(S(C)(=O)=O)cc2)n(Cc2ccc(C(F)(F)C(OC(=O)C(C)(C)C)O[P+](=O)O)c(Br)c2)c1=O. The van der Waals surface area contributed by atoms with E-state index in [0.717, 1.165) is 12.3 Å². The number of benzene rings is 2. The van der Waals surface area contributed by atoms with E-state index < -0.39 is 52.9 Å². The van der Waals surface area contributed by atoms with Crippen molar-refractivity contribution >= 4 is 40.0 Å². The van der Waals surface area contributed by atoms with E-state index in [1.54, 1.807) is 18.3 Å². The average Bonchev–Trinajstić information content (AvgIpc) is 3.10. The summed E-state index contributed by atoms with van der Waals surface area (Å²) in [7, 11) is -5.42. The molecule has 10 nitrogen and oxygen atoms in total. The van der Waals surface area contributed by atoms with Crippen molar-refractivity contribution in [1.29, 1.82) is 0 Å². The number of imidazole rings is 1. The van der Waals surface area contributed by atoms with Gasteiger partial charge in [-0.15, -0.1) is 4.89 Å². The molecule has 2 unspecified atom stereocenters. The molecule has 40 heavy (non-hydrogen) atoms. The number of aromatic nitrogens is 2. The molecule has 0 aliphatic carbocycles. The van der Waals surface area contributed by atoms with E-state index >= 15 is 8.78 Å². The van der Waals surface area contributed by atoms with Crippen LogP contribution in [0.15, 0.2) is 62.8 Å². The lowest BCUT2D eigenvalue weighted by Gasteiger charge is -2.26. The summed E-state index contributed by atoms with van der Waals surface area (Å²) in [5, 5.41) is 0. The molecule has 0 radical (unpaired) electrons. The predicted molar refractivity (Wildman–Crippen MR) is 146 cm³/mol. The van der Waals surface area contributed by atoms with Crippen molar-refractivity contribution in [3.8, 4) is 11.3 Å². The van der Waals surface area contributed by atoms with Gasteiger partial charge < -0.3 is 9.30 Å². The van der Waals surface area contributed by atoms with Crippen molar-refractivity contribution in [2.75, 3.05) is 6.26 Å². The number of hydrogen-bond acceptors (Lipinski definition) is 7. The number of carbonyl (C=O) groups is 1. The molecule has 0 saturated carbocycles. The molecule has 0 spiro atoms. The fourth-order valence-corrected chi connectivity index (χ4v) is 5.27. The molecule has 0 saturated heterocycles. The number of aryl methyl sites for hydroxylation is 1. The van der Waals surface area contributed by atoms with Crippen molar-refractivity contribution in [2.45, 2.75) is 44.4 Å². The number of nitrogens with zero attached hydrogens (tertiary/aromatic N) is 2. The van der Waals surface area contributed by atoms with Crippen LogP contribution in [0.2, 0.25) is 0 Å². The molecule has 15 heteroatoms. The zero-order valence-corrected chi connectivity index (χ0v) is 25.4. The van der Waals surface area contributed by atoms with Crippen molar-refractivity contribution < 1.29 is 40.7 Å². The number of ether oxygens (including phenoxy) is 1. The van der Waals surface area contributed by atoms with E-state index in [0.29, 0.717) is 16.8 Å². The Morgan fingerprint density at radius 2 is 1.75 bits per heavy atom. The third-order valence-electron chi connectivity index (χ3n) is 5.76. The quantitative estimate of drug-likeness (QED) is 0.197. The molecule has 3 aromatic rings. The van der Waals surface area contributed by atoms with E-state index in [4.69, 9.17) is 9.63 Å². The Morgan fingerprint density at radius 3 is 2.25 bits per heavy atom. The summed E-state index contributed by atoms with van der Waals surface area (Å²) >= 11 is 3.09. The van der Waals surface area contributed by atoms with Gasteiger partial charge in [0.2, 0.25) is 0 Å². The first kappa shape index (κ1) is 31.8. The summed E-state index contributed by atoms with van der Waals surface area (Å²) in [6.07, 6.45) is -0.0389. The monoisotopic (exact) mass is 663 g/mol. The van der Waals surface area contributed by atoms with E-state index in [1.165, 1.54) is 61.2 Å². The van der Waals surface area contributed by atoms with Gasteiger partial charge >= 0.3 is 32.1 Å². The summed E-state index contributed by atoms with van der Waals surface area (Å²) in [4.78, 5) is 34.3. The zero-order valence-electron chi connectivity index (χ0n) is 22.1. The Labute approximate surface area is 238 Å². The highest BCUT2D eigenvalue weighted by molar-refractivity contribution is 9.10. The van der Waals surface area contributed by atoms with E-state index in [1.807, 2.05) is 0 Å². The zero-order chi connectivity index (χ0) is 30.2. The number of carbonyl (C=O) groups excluding carboxylic acids is 1. The van der Waals surface area contributed by atoms with Crippen LogP contribution in [0.5, 0.6) is 0 Å². The van der Waals surface area contributed by atoms with Gasteiger partial charge in [-0.3, -0.25) is 9.36 Å². The lowest BCUT2D eigenvalue weighted by molar-refractivity contribution is -0.231. The molecule has 1 heterocycles. The maximum Gasteiger partial charge on any atom is 0.698 e. The molecule has 3 rings (SSSR count). The van der Waals surface area contributed by atoms with Crippen LogP contribution >= 0.6 is 24.2 Å². The summed E-state index contributed by atoms with van der Waals surface area (Å²) in [5.74, 6) is -5.11. The molecule has 0 aliphatic heterocycles. The molecule has 2 aromatic carbocycles. The minimum Gasteiger partial charge on any atom is -0.423 e. The number of sulfone groups is 1. The number of alkyl halides is 2. The maximum absolute atomic E-state index is 15.4. The molecular formula is C25H27BrF2N2O8PS+. The van der Waals surface area contributed by atoms with E-state index in [-0.39, 0.29) is 15.9 Å². The Bertz CT molecular complexity index is 1610. The van der Waals surface area contributed by atoms with Crippen LogP contribution in [0.25, 0.3) is 11.3 Å². The van der Waals surface area contributed by atoms with Gasteiger partial charge in [0.25, 0.3) is 0 Å². The van der Waals surface area contributed by atoms with Crippen LogP contribution in [-0.2, 0) is 48.0 Å². The number of halogens is 3. The normalized spacial score (nSPS) is 13.7. The summed E-state index contributed by atoms with van der Waals surface area (Å²) < 4.78 is 77.5. The average molecular weight is 664 g/mol. The molecule has 0 bridgehead atoms. The van der Waals surface area contributed by atoms with Crippen LogP contribution in [-0.4, -0.2) is 41.0 Å². The van der Waals surface area contributed by atoms with Crippen molar-refractivity contribution in [3.63, 3.8) is 0 Å².